The van der Waals surface area contributed by atoms with Gasteiger partial charge in [-0.3, -0.25) is 4.79 Å². The molecule has 106 valence electrons. The molecule has 1 amide bonds. The Morgan fingerprint density at radius 2 is 2.05 bits per heavy atom. The van der Waals surface area contributed by atoms with E-state index in [-0.39, 0.29) is 12.5 Å². The van der Waals surface area contributed by atoms with Crippen LogP contribution < -0.4 is 16.0 Å². The zero-order valence-corrected chi connectivity index (χ0v) is 11.6. The molecule has 0 saturated heterocycles. The van der Waals surface area contributed by atoms with Gasteiger partial charge in [0.2, 0.25) is 5.91 Å². The summed E-state index contributed by atoms with van der Waals surface area (Å²) >= 11 is 0. The summed E-state index contributed by atoms with van der Waals surface area (Å²) in [6.45, 7) is 0.427. The van der Waals surface area contributed by atoms with Crippen LogP contribution in [0, 0.1) is 0 Å². The molecule has 1 heterocycles. The Labute approximate surface area is 117 Å². The standard InChI is InChI=1S/C13H18N6O/c1-18(2)12-5-3-10(4-6-12)15-13(20)9-19-8-11(7-14)16-17-19/h3-6,8H,7,9,14H2,1-2H3,(H,15,20). The van der Waals surface area contributed by atoms with Crippen LogP contribution in [0.25, 0.3) is 0 Å². The lowest BCUT2D eigenvalue weighted by molar-refractivity contribution is -0.116. The van der Waals surface area contributed by atoms with Crippen LogP contribution in [0.4, 0.5) is 11.4 Å². The predicted molar refractivity (Wildman–Crippen MR) is 77.3 cm³/mol. The molecule has 0 spiro atoms. The van der Waals surface area contributed by atoms with Crippen molar-refractivity contribution in [3.8, 4) is 0 Å². The van der Waals surface area contributed by atoms with Crippen LogP contribution in [0.1, 0.15) is 5.69 Å². The fraction of sp³-hybridized carbons (Fsp3) is 0.308. The largest absolute Gasteiger partial charge is 0.378 e. The van der Waals surface area contributed by atoms with Gasteiger partial charge in [-0.05, 0) is 24.3 Å². The van der Waals surface area contributed by atoms with Crippen molar-refractivity contribution in [2.24, 2.45) is 5.73 Å². The van der Waals surface area contributed by atoms with Gasteiger partial charge in [-0.2, -0.15) is 0 Å². The molecule has 0 atom stereocenters. The van der Waals surface area contributed by atoms with E-state index in [9.17, 15) is 4.79 Å². The number of amides is 1. The van der Waals surface area contributed by atoms with Crippen molar-refractivity contribution < 1.29 is 4.79 Å². The highest BCUT2D eigenvalue weighted by molar-refractivity contribution is 5.90. The number of nitrogens with two attached hydrogens (primary N) is 1. The number of carbonyl (C=O) groups excluding carboxylic acids is 1. The number of nitrogens with zero attached hydrogens (tertiary/aromatic N) is 4. The van der Waals surface area contributed by atoms with E-state index >= 15 is 0 Å². The summed E-state index contributed by atoms with van der Waals surface area (Å²) in [4.78, 5) is 13.9. The normalized spacial score (nSPS) is 10.3. The zero-order chi connectivity index (χ0) is 14.5. The number of anilines is 2. The highest BCUT2D eigenvalue weighted by Gasteiger charge is 2.06. The average molecular weight is 274 g/mol. The molecular weight excluding hydrogens is 256 g/mol. The maximum atomic E-state index is 11.9. The lowest BCUT2D eigenvalue weighted by atomic mass is 10.2. The predicted octanol–water partition coefficient (Wildman–Crippen LogP) is 0.441. The average Bonchev–Trinajstić information content (AvgIpc) is 2.86. The molecule has 0 unspecified atom stereocenters. The van der Waals surface area contributed by atoms with Gasteiger partial charge in [0.25, 0.3) is 0 Å². The van der Waals surface area contributed by atoms with Crippen LogP contribution in [0.3, 0.4) is 0 Å². The van der Waals surface area contributed by atoms with Crippen molar-refractivity contribution in [2.75, 3.05) is 24.3 Å². The van der Waals surface area contributed by atoms with Gasteiger partial charge in [0.1, 0.15) is 6.54 Å². The smallest absolute Gasteiger partial charge is 0.246 e. The number of hydrogen-bond donors (Lipinski definition) is 2. The number of carbonyl (C=O) groups is 1. The second-order valence-electron chi connectivity index (χ2n) is 4.60. The molecule has 0 bridgehead atoms. The van der Waals surface area contributed by atoms with Crippen molar-refractivity contribution in [3.05, 3.63) is 36.2 Å². The Morgan fingerprint density at radius 3 is 2.60 bits per heavy atom. The van der Waals surface area contributed by atoms with Crippen molar-refractivity contribution in [1.82, 2.24) is 15.0 Å². The lowest BCUT2D eigenvalue weighted by Gasteiger charge is -2.13. The van der Waals surface area contributed by atoms with Crippen LogP contribution in [0.15, 0.2) is 30.5 Å². The summed E-state index contributed by atoms with van der Waals surface area (Å²) in [5.41, 5.74) is 7.92. The van der Waals surface area contributed by atoms with Gasteiger partial charge in [0.05, 0.1) is 11.9 Å². The summed E-state index contributed by atoms with van der Waals surface area (Å²) in [6, 6.07) is 7.61. The van der Waals surface area contributed by atoms with Gasteiger partial charge in [-0.1, -0.05) is 5.21 Å². The van der Waals surface area contributed by atoms with E-state index in [1.54, 1.807) is 6.20 Å². The molecule has 0 fully saturated rings. The third kappa shape index (κ3) is 3.55. The number of hydrogen-bond acceptors (Lipinski definition) is 5. The SMILES string of the molecule is CN(C)c1ccc(NC(=O)Cn2cc(CN)nn2)cc1. The first kappa shape index (κ1) is 14.0. The van der Waals surface area contributed by atoms with E-state index in [0.29, 0.717) is 12.2 Å². The van der Waals surface area contributed by atoms with Crippen LogP contribution >= 0.6 is 0 Å². The first-order valence-corrected chi connectivity index (χ1v) is 6.25. The molecule has 0 saturated carbocycles. The Bertz CT molecular complexity index is 575. The van der Waals surface area contributed by atoms with E-state index in [4.69, 9.17) is 5.73 Å². The first-order valence-electron chi connectivity index (χ1n) is 6.25. The molecule has 0 aliphatic rings. The van der Waals surface area contributed by atoms with Crippen molar-refractivity contribution in [2.45, 2.75) is 13.1 Å². The summed E-state index contributed by atoms with van der Waals surface area (Å²) in [6.07, 6.45) is 1.66. The summed E-state index contributed by atoms with van der Waals surface area (Å²) < 4.78 is 1.46. The summed E-state index contributed by atoms with van der Waals surface area (Å²) in [7, 11) is 3.93. The van der Waals surface area contributed by atoms with Gasteiger partial charge in [-0.15, -0.1) is 5.10 Å². The Morgan fingerprint density at radius 1 is 1.35 bits per heavy atom. The third-order valence-corrected chi connectivity index (χ3v) is 2.77. The number of benzene rings is 1. The molecular formula is C13H18N6O. The van der Waals surface area contributed by atoms with E-state index < -0.39 is 0 Å². The maximum absolute atomic E-state index is 11.9. The van der Waals surface area contributed by atoms with E-state index in [0.717, 1.165) is 11.4 Å². The lowest BCUT2D eigenvalue weighted by Crippen LogP contribution is -2.19. The van der Waals surface area contributed by atoms with Gasteiger partial charge < -0.3 is 16.0 Å². The van der Waals surface area contributed by atoms with Crippen molar-refractivity contribution in [1.29, 1.82) is 0 Å². The topological polar surface area (TPSA) is 89.1 Å². The molecule has 2 aromatic rings. The molecule has 7 nitrogen and oxygen atoms in total. The van der Waals surface area contributed by atoms with Crippen molar-refractivity contribution >= 4 is 17.3 Å². The maximum Gasteiger partial charge on any atom is 0.246 e. The monoisotopic (exact) mass is 274 g/mol. The Kier molecular flexibility index (Phi) is 4.31. The molecule has 2 rings (SSSR count). The molecule has 3 N–H and O–H groups in total. The number of nitrogens with one attached hydrogen (secondary N) is 1. The first-order chi connectivity index (χ1) is 9.58. The van der Waals surface area contributed by atoms with Crippen LogP contribution in [-0.4, -0.2) is 35.0 Å². The molecule has 1 aromatic heterocycles. The van der Waals surface area contributed by atoms with Gasteiger partial charge in [0, 0.05) is 32.0 Å². The Hall–Kier alpha value is -2.41. The number of aromatic nitrogens is 3. The van der Waals surface area contributed by atoms with Crippen LogP contribution in [-0.2, 0) is 17.9 Å². The molecule has 20 heavy (non-hydrogen) atoms. The molecule has 0 aliphatic carbocycles. The fourth-order valence-electron chi connectivity index (χ4n) is 1.70. The summed E-state index contributed by atoms with van der Waals surface area (Å²) in [5, 5.41) is 10.5. The molecule has 0 aliphatic heterocycles. The second-order valence-corrected chi connectivity index (χ2v) is 4.60. The second kappa shape index (κ2) is 6.16. The zero-order valence-electron chi connectivity index (χ0n) is 11.6. The fourth-order valence-corrected chi connectivity index (χ4v) is 1.70. The minimum atomic E-state index is -0.156. The minimum absolute atomic E-state index is 0.114. The van der Waals surface area contributed by atoms with Crippen LogP contribution in [0.2, 0.25) is 0 Å². The van der Waals surface area contributed by atoms with E-state index in [1.165, 1.54) is 4.68 Å². The van der Waals surface area contributed by atoms with Gasteiger partial charge in [0.15, 0.2) is 0 Å². The molecule has 1 aromatic carbocycles. The minimum Gasteiger partial charge on any atom is -0.378 e. The van der Waals surface area contributed by atoms with Crippen LogP contribution in [0.5, 0.6) is 0 Å². The van der Waals surface area contributed by atoms with Gasteiger partial charge >= 0.3 is 0 Å². The van der Waals surface area contributed by atoms with Gasteiger partial charge in [-0.25, -0.2) is 4.68 Å². The summed E-state index contributed by atoms with van der Waals surface area (Å²) in [5.74, 6) is -0.156. The molecule has 0 radical (unpaired) electrons. The Balaban J connectivity index is 1.93. The van der Waals surface area contributed by atoms with E-state index in [1.807, 2.05) is 43.3 Å². The van der Waals surface area contributed by atoms with E-state index in [2.05, 4.69) is 15.6 Å². The third-order valence-electron chi connectivity index (χ3n) is 2.77. The molecule has 7 heteroatoms. The quantitative estimate of drug-likeness (QED) is 0.826. The highest BCUT2D eigenvalue weighted by Crippen LogP contribution is 2.15. The van der Waals surface area contributed by atoms with Crippen molar-refractivity contribution in [3.63, 3.8) is 0 Å². The highest BCUT2D eigenvalue weighted by atomic mass is 16.2. The number of rotatable bonds is 5.